The van der Waals surface area contributed by atoms with Crippen molar-refractivity contribution in [3.8, 4) is 5.75 Å². The molecule has 7 heteroatoms. The summed E-state index contributed by atoms with van der Waals surface area (Å²) in [5.74, 6) is 1.47. The largest absolute Gasteiger partial charge is 0.491 e. The van der Waals surface area contributed by atoms with Gasteiger partial charge in [0.05, 0.1) is 18.7 Å². The number of fused-ring (bicyclic) bond motifs is 1. The molecule has 5 rings (SSSR count). The molecule has 0 radical (unpaired) electrons. The molecule has 0 bridgehead atoms. The van der Waals surface area contributed by atoms with Gasteiger partial charge in [-0.25, -0.2) is 0 Å². The zero-order valence-electron chi connectivity index (χ0n) is 22.2. The number of amides is 2. The van der Waals surface area contributed by atoms with Crippen LogP contribution in [-0.2, 0) is 20.7 Å². The Morgan fingerprint density at radius 3 is 2.59 bits per heavy atom. The molecule has 1 saturated heterocycles. The van der Waals surface area contributed by atoms with Gasteiger partial charge in [-0.3, -0.25) is 9.59 Å². The first-order valence-electron chi connectivity index (χ1n) is 14.0. The Labute approximate surface area is 224 Å². The molecule has 3 heterocycles. The van der Waals surface area contributed by atoms with Crippen LogP contribution in [0.1, 0.15) is 80.3 Å². The topological polar surface area (TPSA) is 59.1 Å². The maximum atomic E-state index is 13.8. The van der Waals surface area contributed by atoms with E-state index < -0.39 is 0 Å². The first-order valence-corrected chi connectivity index (χ1v) is 14.9. The Balaban J connectivity index is 1.30. The highest BCUT2D eigenvalue weighted by atomic mass is 32.1. The lowest BCUT2D eigenvalue weighted by atomic mass is 10.00. The first-order chi connectivity index (χ1) is 18.0. The molecule has 0 spiro atoms. The summed E-state index contributed by atoms with van der Waals surface area (Å²) in [7, 11) is 0. The quantitative estimate of drug-likeness (QED) is 0.430. The number of ether oxygens (including phenoxy) is 2. The second kappa shape index (κ2) is 12.0. The fraction of sp³-hybridized carbons (Fsp3) is 0.600. The Bertz CT molecular complexity index is 1050. The van der Waals surface area contributed by atoms with Gasteiger partial charge in [-0.15, -0.1) is 11.3 Å². The molecule has 3 aliphatic rings. The molecule has 2 aromatic rings. The monoisotopic (exact) mass is 524 g/mol. The van der Waals surface area contributed by atoms with Gasteiger partial charge >= 0.3 is 0 Å². The molecule has 1 saturated carbocycles. The highest BCUT2D eigenvalue weighted by Gasteiger charge is 2.36. The molecule has 0 unspecified atom stereocenters. The molecule has 0 N–H and O–H groups in total. The average molecular weight is 525 g/mol. The minimum absolute atomic E-state index is 0.00458. The summed E-state index contributed by atoms with van der Waals surface area (Å²) in [6.07, 6.45) is 6.93. The maximum absolute atomic E-state index is 13.8. The highest BCUT2D eigenvalue weighted by Crippen LogP contribution is 2.34. The molecular weight excluding hydrogens is 484 g/mol. The van der Waals surface area contributed by atoms with Gasteiger partial charge in [0, 0.05) is 30.5 Å². The molecule has 37 heavy (non-hydrogen) atoms. The van der Waals surface area contributed by atoms with Crippen LogP contribution >= 0.6 is 11.3 Å². The van der Waals surface area contributed by atoms with Crippen molar-refractivity contribution in [2.24, 2.45) is 5.92 Å². The fourth-order valence-corrected chi connectivity index (χ4v) is 6.88. The van der Waals surface area contributed by atoms with Crippen LogP contribution < -0.4 is 4.74 Å². The highest BCUT2D eigenvalue weighted by molar-refractivity contribution is 7.10. The maximum Gasteiger partial charge on any atom is 0.242 e. The molecule has 6 nitrogen and oxygen atoms in total. The van der Waals surface area contributed by atoms with E-state index in [1.54, 1.807) is 16.2 Å². The van der Waals surface area contributed by atoms with Gasteiger partial charge in [0.15, 0.2) is 0 Å². The van der Waals surface area contributed by atoms with E-state index in [1.807, 2.05) is 17.0 Å². The van der Waals surface area contributed by atoms with Crippen molar-refractivity contribution in [2.75, 3.05) is 32.8 Å². The molecule has 1 aromatic heterocycles. The predicted octanol–water partition coefficient (Wildman–Crippen LogP) is 5.57. The Morgan fingerprint density at radius 1 is 1.11 bits per heavy atom. The van der Waals surface area contributed by atoms with Crippen LogP contribution in [0.4, 0.5) is 0 Å². The predicted molar refractivity (Wildman–Crippen MR) is 146 cm³/mol. The van der Waals surface area contributed by atoms with Gasteiger partial charge in [0.1, 0.15) is 12.4 Å². The third-order valence-corrected chi connectivity index (χ3v) is 9.16. The molecular formula is C30H40N2O4S. The number of hydrogen-bond acceptors (Lipinski definition) is 5. The smallest absolute Gasteiger partial charge is 0.242 e. The standard InChI is InChI=1S/C30H40N2O4S/c1-21(2)22-9-11-24(12-10-22)36-20-27-26-14-17-37-28(26)13-15-32(27)29(33)19-31(18-25-8-5-16-35-25)30(34)23-6-3-4-7-23/h9-12,14,17,21,23,25,27H,3-8,13,15-16,18-20H2,1-2H3/t25-,27-/m1/s1. The zero-order chi connectivity index (χ0) is 25.8. The van der Waals surface area contributed by atoms with Crippen molar-refractivity contribution in [1.82, 2.24) is 9.80 Å². The Hall–Kier alpha value is -2.38. The number of thiophene rings is 1. The molecule has 1 aliphatic carbocycles. The number of hydrogen-bond donors (Lipinski definition) is 0. The summed E-state index contributed by atoms with van der Waals surface area (Å²) in [5, 5.41) is 2.11. The second-order valence-electron chi connectivity index (χ2n) is 11.0. The van der Waals surface area contributed by atoms with Crippen LogP contribution in [0, 0.1) is 5.92 Å². The van der Waals surface area contributed by atoms with Gasteiger partial charge in [-0.1, -0.05) is 38.8 Å². The van der Waals surface area contributed by atoms with Gasteiger partial charge in [0.2, 0.25) is 11.8 Å². The second-order valence-corrected chi connectivity index (χ2v) is 12.0. The van der Waals surface area contributed by atoms with Crippen LogP contribution in [0.25, 0.3) is 0 Å². The summed E-state index contributed by atoms with van der Waals surface area (Å²) in [6, 6.07) is 10.2. The summed E-state index contributed by atoms with van der Waals surface area (Å²) >= 11 is 1.75. The number of nitrogens with zero attached hydrogens (tertiary/aromatic N) is 2. The minimum Gasteiger partial charge on any atom is -0.491 e. The van der Waals surface area contributed by atoms with Gasteiger partial charge in [0.25, 0.3) is 0 Å². The zero-order valence-corrected chi connectivity index (χ0v) is 23.0. The molecule has 2 aliphatic heterocycles. The van der Waals surface area contributed by atoms with E-state index in [0.717, 1.165) is 57.3 Å². The fourth-order valence-electron chi connectivity index (χ4n) is 5.95. The summed E-state index contributed by atoms with van der Waals surface area (Å²) in [4.78, 5) is 32.3. The third-order valence-electron chi connectivity index (χ3n) is 8.16. The first kappa shape index (κ1) is 26.2. The van der Waals surface area contributed by atoms with E-state index in [9.17, 15) is 9.59 Å². The van der Waals surface area contributed by atoms with Gasteiger partial charge < -0.3 is 19.3 Å². The van der Waals surface area contributed by atoms with E-state index in [-0.39, 0.29) is 36.4 Å². The van der Waals surface area contributed by atoms with Crippen molar-refractivity contribution < 1.29 is 19.1 Å². The lowest BCUT2D eigenvalue weighted by molar-refractivity contribution is -0.146. The molecule has 2 atom stereocenters. The van der Waals surface area contributed by atoms with Crippen LogP contribution in [0.5, 0.6) is 5.75 Å². The third kappa shape index (κ3) is 6.20. The number of carbonyl (C=O) groups excluding carboxylic acids is 2. The van der Waals surface area contributed by atoms with Crippen LogP contribution in [0.3, 0.4) is 0 Å². The van der Waals surface area contributed by atoms with Crippen LogP contribution in [-0.4, -0.2) is 60.6 Å². The lowest BCUT2D eigenvalue weighted by Crippen LogP contribution is -2.50. The number of carbonyl (C=O) groups is 2. The Morgan fingerprint density at radius 2 is 1.89 bits per heavy atom. The summed E-state index contributed by atoms with van der Waals surface area (Å²) < 4.78 is 12.1. The van der Waals surface area contributed by atoms with E-state index in [1.165, 1.54) is 16.0 Å². The normalized spacial score (nSPS) is 21.9. The van der Waals surface area contributed by atoms with E-state index in [0.29, 0.717) is 25.6 Å². The van der Waals surface area contributed by atoms with E-state index in [4.69, 9.17) is 9.47 Å². The average Bonchev–Trinajstić information content (AvgIpc) is 3.69. The van der Waals surface area contributed by atoms with E-state index >= 15 is 0 Å². The molecule has 200 valence electrons. The lowest BCUT2D eigenvalue weighted by Gasteiger charge is -2.37. The SMILES string of the molecule is CC(C)c1ccc(OC[C@@H]2c3ccsc3CCN2C(=O)CN(C[C@H]2CCCO2)C(=O)C2CCCC2)cc1. The number of benzene rings is 1. The van der Waals surface area contributed by atoms with Gasteiger partial charge in [-0.05, 0) is 72.7 Å². The van der Waals surface area contributed by atoms with Crippen molar-refractivity contribution in [1.29, 1.82) is 0 Å². The van der Waals surface area contributed by atoms with Crippen molar-refractivity contribution in [3.05, 3.63) is 51.7 Å². The minimum atomic E-state index is -0.154. The van der Waals surface area contributed by atoms with Crippen LogP contribution in [0.15, 0.2) is 35.7 Å². The summed E-state index contributed by atoms with van der Waals surface area (Å²) in [5.41, 5.74) is 2.46. The van der Waals surface area contributed by atoms with Crippen molar-refractivity contribution in [2.45, 2.75) is 76.9 Å². The molecule has 2 amide bonds. The Kier molecular flexibility index (Phi) is 8.50. The summed E-state index contributed by atoms with van der Waals surface area (Å²) in [6.45, 7) is 6.79. The van der Waals surface area contributed by atoms with E-state index in [2.05, 4.69) is 37.4 Å². The number of rotatable bonds is 9. The molecule has 2 fully saturated rings. The van der Waals surface area contributed by atoms with Gasteiger partial charge in [-0.2, -0.15) is 0 Å². The van der Waals surface area contributed by atoms with Crippen LogP contribution in [0.2, 0.25) is 0 Å². The van der Waals surface area contributed by atoms with Crippen molar-refractivity contribution in [3.63, 3.8) is 0 Å². The molecule has 1 aromatic carbocycles. The van der Waals surface area contributed by atoms with Crippen molar-refractivity contribution >= 4 is 23.2 Å².